The quantitative estimate of drug-likeness (QED) is 0.177. The van der Waals surface area contributed by atoms with Crippen LogP contribution in [-0.2, 0) is 14.1 Å². The first-order chi connectivity index (χ1) is 49.5. The van der Waals surface area contributed by atoms with Crippen LogP contribution in [0.25, 0.3) is 190 Å². The van der Waals surface area contributed by atoms with Crippen molar-refractivity contribution in [2.24, 2.45) is 14.1 Å². The summed E-state index contributed by atoms with van der Waals surface area (Å²) >= 11 is 1.91. The Labute approximate surface area is 577 Å². The summed E-state index contributed by atoms with van der Waals surface area (Å²) in [4.78, 5) is 0. The molecule has 0 aliphatic heterocycles. The lowest BCUT2D eigenvalue weighted by molar-refractivity contribution is 0.669. The molecule has 8 aromatic heterocycles. The summed E-state index contributed by atoms with van der Waals surface area (Å²) < 4.78 is 26.7. The van der Waals surface area contributed by atoms with Crippen molar-refractivity contribution >= 4 is 184 Å². The first-order valence-electron chi connectivity index (χ1n) is 34.0. The average Bonchev–Trinajstić information content (AvgIpc) is 1.57. The Kier molecular flexibility index (Phi) is 13.1. The van der Waals surface area contributed by atoms with Gasteiger partial charge in [-0.15, -0.1) is 11.3 Å². The predicted octanol–water partition coefficient (Wildman–Crippen LogP) is 25.5. The van der Waals surface area contributed by atoms with Crippen LogP contribution in [0.3, 0.4) is 0 Å². The Hall–Kier alpha value is -12.9. The second kappa shape index (κ2) is 22.9. The third-order valence-corrected chi connectivity index (χ3v) is 21.7. The summed E-state index contributed by atoms with van der Waals surface area (Å²) in [7, 11) is 4.27. The number of rotatable bonds is 3. The minimum Gasteiger partial charge on any atom is -0.456 e. The number of nitrogens with zero attached hydrogens (tertiary/aromatic N) is 5. The van der Waals surface area contributed by atoms with E-state index in [1.807, 2.05) is 35.6 Å². The molecule has 0 saturated heterocycles. The van der Waals surface area contributed by atoms with Gasteiger partial charge in [0.2, 0.25) is 0 Å². The molecule has 0 unspecified atom stereocenters. The molecular formula is C92H61N5O2S. The first-order valence-corrected chi connectivity index (χ1v) is 34.8. The molecule has 0 spiro atoms. The standard InChI is InChI=1S/C30H20N2.C24H15NO.C19H13NO.C19H13NS/c1-3-11-21(12-4-1)31-25-17-9-7-15-23(25)29-27(31)19-20-28-30(29)24-16-8-10-18-26(24)32(28)22-13-5-2-6-14-22;1-2-8-16(9-3-1)25-19-12-6-4-10-17(19)23-20(25)14-15-22-24(23)18-11-5-7-13-21(18)26-22;2*1-20-15-8-4-2-7-14(15)18-16(20)11-10-13-12-6-3-5-9-17(12)21-19(13)18/h1-20H;1-15H;2*2-11H,1H3. The zero-order chi connectivity index (χ0) is 66.1. The molecular weight excluding hydrogens is 1240 g/mol. The minimum absolute atomic E-state index is 0.937. The molecule has 0 saturated carbocycles. The van der Waals surface area contributed by atoms with E-state index in [2.05, 4.69) is 346 Å². The van der Waals surface area contributed by atoms with Crippen molar-refractivity contribution in [2.75, 3.05) is 0 Å². The third kappa shape index (κ3) is 8.70. The molecule has 0 bridgehead atoms. The topological polar surface area (TPSA) is 50.9 Å². The average molecular weight is 1300 g/mol. The fourth-order valence-corrected chi connectivity index (χ4v) is 17.5. The summed E-state index contributed by atoms with van der Waals surface area (Å²) in [6.45, 7) is 0. The number of thiophene rings is 1. The van der Waals surface area contributed by atoms with Gasteiger partial charge in [0, 0.05) is 132 Å². The highest BCUT2D eigenvalue weighted by atomic mass is 32.1. The molecule has 8 heterocycles. The van der Waals surface area contributed by atoms with Crippen LogP contribution >= 0.6 is 11.3 Å². The lowest BCUT2D eigenvalue weighted by atomic mass is 10.1. The molecule has 0 aliphatic carbocycles. The number of benzene rings is 15. The molecule has 100 heavy (non-hydrogen) atoms. The summed E-state index contributed by atoms with van der Waals surface area (Å²) in [6.07, 6.45) is 0. The highest BCUT2D eigenvalue weighted by Crippen LogP contribution is 2.46. The van der Waals surface area contributed by atoms with Gasteiger partial charge in [0.05, 0.1) is 49.5 Å². The second-order valence-corrected chi connectivity index (χ2v) is 26.9. The fourth-order valence-electron chi connectivity index (χ4n) is 16.2. The third-order valence-electron chi connectivity index (χ3n) is 20.5. The van der Waals surface area contributed by atoms with Crippen molar-refractivity contribution in [3.05, 3.63) is 334 Å². The van der Waals surface area contributed by atoms with Crippen LogP contribution in [0.4, 0.5) is 0 Å². The largest absolute Gasteiger partial charge is 0.456 e. The van der Waals surface area contributed by atoms with Gasteiger partial charge in [-0.1, -0.05) is 206 Å². The van der Waals surface area contributed by atoms with E-state index < -0.39 is 0 Å². The van der Waals surface area contributed by atoms with Crippen LogP contribution in [0.1, 0.15) is 0 Å². The lowest BCUT2D eigenvalue weighted by Crippen LogP contribution is -1.94. The van der Waals surface area contributed by atoms with Gasteiger partial charge in [0.15, 0.2) is 0 Å². The van der Waals surface area contributed by atoms with Gasteiger partial charge in [-0.2, -0.15) is 0 Å². The van der Waals surface area contributed by atoms with E-state index in [1.54, 1.807) is 0 Å². The summed E-state index contributed by atoms with van der Waals surface area (Å²) in [6, 6.07) is 118. The maximum absolute atomic E-state index is 6.17. The maximum Gasteiger partial charge on any atom is 0.145 e. The smallest absolute Gasteiger partial charge is 0.145 e. The lowest BCUT2D eigenvalue weighted by Gasteiger charge is -2.09. The Morgan fingerprint density at radius 3 is 1.07 bits per heavy atom. The van der Waals surface area contributed by atoms with Gasteiger partial charge in [0.1, 0.15) is 22.3 Å². The normalized spacial score (nSPS) is 11.9. The van der Waals surface area contributed by atoms with Crippen LogP contribution in [-0.4, -0.2) is 22.8 Å². The highest BCUT2D eigenvalue weighted by Gasteiger charge is 2.23. The first kappa shape index (κ1) is 57.4. The van der Waals surface area contributed by atoms with E-state index in [4.69, 9.17) is 8.83 Å². The van der Waals surface area contributed by atoms with Crippen LogP contribution in [0.5, 0.6) is 0 Å². The van der Waals surface area contributed by atoms with E-state index in [-0.39, 0.29) is 0 Å². The number of fused-ring (bicyclic) bond motifs is 28. The molecule has 0 radical (unpaired) electrons. The molecule has 23 aromatic rings. The van der Waals surface area contributed by atoms with Crippen LogP contribution in [0.2, 0.25) is 0 Å². The predicted molar refractivity (Wildman–Crippen MR) is 424 cm³/mol. The van der Waals surface area contributed by atoms with Gasteiger partial charge in [-0.3, -0.25) is 0 Å². The SMILES string of the molecule is Cn1c2ccccc2c2c3oc4ccccc4c3ccc21.Cn1c2ccccc2c2c3sc4ccccc4c3ccc21.c1ccc(-n2c3ccccc3c3c4c(ccc32)oc2ccccc24)cc1.c1ccc(-n2c3ccccc3c3c4c5ccccc5n(-c5ccccc5)c4ccc32)cc1. The van der Waals surface area contributed by atoms with E-state index in [1.165, 1.54) is 168 Å². The molecule has 0 atom stereocenters. The van der Waals surface area contributed by atoms with Crippen molar-refractivity contribution in [2.45, 2.75) is 0 Å². The Balaban J connectivity index is 0.0000000913. The van der Waals surface area contributed by atoms with Crippen molar-refractivity contribution < 1.29 is 8.83 Å². The maximum atomic E-state index is 6.17. The van der Waals surface area contributed by atoms with Gasteiger partial charge in [-0.05, 0) is 127 Å². The van der Waals surface area contributed by atoms with Crippen LogP contribution in [0, 0.1) is 0 Å². The van der Waals surface area contributed by atoms with Crippen molar-refractivity contribution in [3.63, 3.8) is 0 Å². The summed E-state index contributed by atoms with van der Waals surface area (Å²) in [5.41, 5.74) is 19.8. The van der Waals surface area contributed by atoms with E-state index >= 15 is 0 Å². The Bertz CT molecular complexity index is 6860. The molecule has 23 rings (SSSR count). The number of aryl methyl sites for hydroxylation is 2. The van der Waals surface area contributed by atoms with Gasteiger partial charge < -0.3 is 31.7 Å². The monoisotopic (exact) mass is 1300 g/mol. The van der Waals surface area contributed by atoms with Gasteiger partial charge in [-0.25, -0.2) is 0 Å². The van der Waals surface area contributed by atoms with Crippen molar-refractivity contribution in [1.29, 1.82) is 0 Å². The zero-order valence-corrected chi connectivity index (χ0v) is 55.5. The second-order valence-electron chi connectivity index (χ2n) is 25.9. The minimum atomic E-state index is 0.937. The van der Waals surface area contributed by atoms with Crippen molar-refractivity contribution in [3.8, 4) is 17.1 Å². The number of para-hydroxylation sites is 10. The van der Waals surface area contributed by atoms with Gasteiger partial charge in [0.25, 0.3) is 0 Å². The van der Waals surface area contributed by atoms with Crippen LogP contribution in [0.15, 0.2) is 342 Å². The van der Waals surface area contributed by atoms with E-state index in [0.717, 1.165) is 22.3 Å². The summed E-state index contributed by atoms with van der Waals surface area (Å²) in [5, 5.41) is 20.4. The molecule has 8 heteroatoms. The fraction of sp³-hybridized carbons (Fsp3) is 0.0217. The van der Waals surface area contributed by atoms with E-state index in [0.29, 0.717) is 0 Å². The van der Waals surface area contributed by atoms with Gasteiger partial charge >= 0.3 is 0 Å². The Morgan fingerprint density at radius 2 is 0.560 bits per heavy atom. The molecule has 7 nitrogen and oxygen atoms in total. The molecule has 0 fully saturated rings. The van der Waals surface area contributed by atoms with E-state index in [9.17, 15) is 0 Å². The molecule has 472 valence electrons. The summed E-state index contributed by atoms with van der Waals surface area (Å²) in [5.74, 6) is 0. The zero-order valence-electron chi connectivity index (χ0n) is 54.7. The highest BCUT2D eigenvalue weighted by molar-refractivity contribution is 7.26. The number of hydrogen-bond acceptors (Lipinski definition) is 3. The molecule has 0 amide bonds. The number of aromatic nitrogens is 5. The molecule has 0 aliphatic rings. The number of furan rings is 2. The molecule has 15 aromatic carbocycles. The number of hydrogen-bond donors (Lipinski definition) is 0. The van der Waals surface area contributed by atoms with Crippen LogP contribution < -0.4 is 0 Å². The van der Waals surface area contributed by atoms with Crippen molar-refractivity contribution in [1.82, 2.24) is 22.8 Å². The molecule has 0 N–H and O–H groups in total. The Morgan fingerprint density at radius 1 is 0.210 bits per heavy atom.